The molecule has 2 aromatic rings. The number of nitrogens with one attached hydrogen (secondary N) is 2. The topological polar surface area (TPSA) is 58.5 Å². The molecule has 0 radical (unpaired) electrons. The van der Waals surface area contributed by atoms with Crippen molar-refractivity contribution in [2.24, 2.45) is 4.99 Å². The molecule has 0 fully saturated rings. The van der Waals surface area contributed by atoms with Gasteiger partial charge in [0.25, 0.3) is 0 Å². The van der Waals surface area contributed by atoms with Crippen LogP contribution in [0.2, 0.25) is 0 Å². The number of benzene rings is 1. The van der Waals surface area contributed by atoms with Crippen molar-refractivity contribution in [3.8, 4) is 5.75 Å². The molecule has 0 aliphatic rings. The van der Waals surface area contributed by atoms with Gasteiger partial charge in [0.05, 0.1) is 12.1 Å². The number of rotatable bonds is 6. The van der Waals surface area contributed by atoms with E-state index in [0.29, 0.717) is 30.5 Å². The molecule has 10 heteroatoms. The van der Waals surface area contributed by atoms with Crippen LogP contribution in [0.4, 0.5) is 13.2 Å². The van der Waals surface area contributed by atoms with Gasteiger partial charge in [0.1, 0.15) is 5.75 Å². The molecular weight excluding hydrogens is 480 g/mol. The minimum atomic E-state index is -4.39. The summed E-state index contributed by atoms with van der Waals surface area (Å²) in [7, 11) is 3.24. The van der Waals surface area contributed by atoms with Crippen molar-refractivity contribution in [1.29, 1.82) is 0 Å². The van der Waals surface area contributed by atoms with Gasteiger partial charge in [0.2, 0.25) is 0 Å². The number of methoxy groups -OCH3 is 1. The first-order chi connectivity index (χ1) is 11.9. The maximum atomic E-state index is 12.5. The Morgan fingerprint density at radius 2 is 1.92 bits per heavy atom. The highest BCUT2D eigenvalue weighted by Crippen LogP contribution is 2.29. The zero-order valence-electron chi connectivity index (χ0n) is 14.3. The first-order valence-corrected chi connectivity index (χ1v) is 8.39. The van der Waals surface area contributed by atoms with Crippen LogP contribution >= 0.6 is 35.3 Å². The number of hydrogen-bond acceptors (Lipinski definition) is 4. The molecule has 0 spiro atoms. The summed E-state index contributed by atoms with van der Waals surface area (Å²) in [6, 6.07) is 7.61. The van der Waals surface area contributed by atoms with E-state index in [9.17, 15) is 13.2 Å². The number of ether oxygens (including phenoxy) is 1. The first kappa shape index (κ1) is 22.5. The van der Waals surface area contributed by atoms with Gasteiger partial charge in [-0.05, 0) is 17.7 Å². The third-order valence-electron chi connectivity index (χ3n) is 3.32. The Balaban J connectivity index is 0.00000338. The van der Waals surface area contributed by atoms with Gasteiger partial charge in [0.15, 0.2) is 11.7 Å². The Hall–Kier alpha value is -1.56. The zero-order valence-corrected chi connectivity index (χ0v) is 17.4. The summed E-state index contributed by atoms with van der Waals surface area (Å²) in [4.78, 5) is 7.68. The first-order valence-electron chi connectivity index (χ1n) is 7.51. The van der Waals surface area contributed by atoms with E-state index in [2.05, 4.69) is 20.6 Å². The van der Waals surface area contributed by atoms with Crippen molar-refractivity contribution in [1.82, 2.24) is 15.6 Å². The molecule has 0 atom stereocenters. The molecule has 1 aromatic carbocycles. The summed E-state index contributed by atoms with van der Waals surface area (Å²) < 4.78 is 42.6. The van der Waals surface area contributed by atoms with Gasteiger partial charge in [-0.15, -0.1) is 35.3 Å². The van der Waals surface area contributed by atoms with Crippen molar-refractivity contribution in [2.45, 2.75) is 19.1 Å². The average molecular weight is 500 g/mol. The molecule has 26 heavy (non-hydrogen) atoms. The van der Waals surface area contributed by atoms with Crippen LogP contribution in [0, 0.1) is 0 Å². The summed E-state index contributed by atoms with van der Waals surface area (Å²) in [5, 5.41) is 7.67. The Morgan fingerprint density at radius 3 is 2.46 bits per heavy atom. The maximum absolute atomic E-state index is 12.5. The summed E-state index contributed by atoms with van der Waals surface area (Å²) in [6.45, 7) is 1.01. The lowest BCUT2D eigenvalue weighted by molar-refractivity contribution is -0.140. The molecule has 0 saturated carbocycles. The van der Waals surface area contributed by atoms with Crippen LogP contribution in [0.1, 0.15) is 16.3 Å². The molecule has 144 valence electrons. The predicted molar refractivity (Wildman–Crippen MR) is 107 cm³/mol. The average Bonchev–Trinajstić information content (AvgIpc) is 3.07. The van der Waals surface area contributed by atoms with E-state index in [1.165, 1.54) is 0 Å². The maximum Gasteiger partial charge on any atom is 0.434 e. The Bertz CT molecular complexity index is 704. The molecule has 0 unspecified atom stereocenters. The van der Waals surface area contributed by atoms with Gasteiger partial charge in [0, 0.05) is 31.9 Å². The van der Waals surface area contributed by atoms with Gasteiger partial charge in [-0.2, -0.15) is 13.2 Å². The molecule has 0 saturated heterocycles. The number of alkyl halides is 3. The summed E-state index contributed by atoms with van der Waals surface area (Å²) >= 11 is 1.01. The van der Waals surface area contributed by atoms with Gasteiger partial charge in [-0.25, -0.2) is 4.98 Å². The number of guanidine groups is 1. The van der Waals surface area contributed by atoms with E-state index in [1.54, 1.807) is 14.2 Å². The number of nitrogens with zero attached hydrogens (tertiary/aromatic N) is 2. The number of halogens is 4. The summed E-state index contributed by atoms with van der Waals surface area (Å²) in [5.41, 5.74) is 0.216. The minimum absolute atomic E-state index is 0. The quantitative estimate of drug-likeness (QED) is 0.361. The van der Waals surface area contributed by atoms with Gasteiger partial charge in [-0.1, -0.05) is 12.1 Å². The SMILES string of the molecule is CN=C(NCCc1nc(C(F)(F)F)cs1)NCc1ccc(OC)cc1.I. The van der Waals surface area contributed by atoms with E-state index in [0.717, 1.165) is 28.0 Å². The Morgan fingerprint density at radius 1 is 1.23 bits per heavy atom. The van der Waals surface area contributed by atoms with Gasteiger partial charge >= 0.3 is 6.18 Å². The van der Waals surface area contributed by atoms with Crippen LogP contribution in [0.25, 0.3) is 0 Å². The van der Waals surface area contributed by atoms with Crippen LogP contribution in [-0.2, 0) is 19.1 Å². The fraction of sp³-hybridized carbons (Fsp3) is 0.375. The normalized spacial score (nSPS) is 11.7. The third kappa shape index (κ3) is 6.98. The number of thiazole rings is 1. The van der Waals surface area contributed by atoms with Crippen molar-refractivity contribution in [3.05, 3.63) is 45.9 Å². The molecule has 0 aliphatic heterocycles. The highest BCUT2D eigenvalue weighted by atomic mass is 127. The van der Waals surface area contributed by atoms with Crippen molar-refractivity contribution < 1.29 is 17.9 Å². The van der Waals surface area contributed by atoms with Crippen LogP contribution in [0.5, 0.6) is 5.75 Å². The number of aromatic nitrogens is 1. The van der Waals surface area contributed by atoms with Crippen molar-refractivity contribution in [3.63, 3.8) is 0 Å². The van der Waals surface area contributed by atoms with E-state index in [-0.39, 0.29) is 24.0 Å². The second-order valence-electron chi connectivity index (χ2n) is 5.07. The van der Waals surface area contributed by atoms with E-state index < -0.39 is 11.9 Å². The fourth-order valence-corrected chi connectivity index (χ4v) is 2.80. The predicted octanol–water partition coefficient (Wildman–Crippen LogP) is 3.70. The largest absolute Gasteiger partial charge is 0.497 e. The molecule has 0 bridgehead atoms. The minimum Gasteiger partial charge on any atom is -0.497 e. The Labute approximate surface area is 171 Å². The van der Waals surface area contributed by atoms with E-state index >= 15 is 0 Å². The fourth-order valence-electron chi connectivity index (χ4n) is 1.99. The molecule has 2 N–H and O–H groups in total. The lowest BCUT2D eigenvalue weighted by atomic mass is 10.2. The molecule has 0 aliphatic carbocycles. The second kappa shape index (κ2) is 10.6. The van der Waals surface area contributed by atoms with E-state index in [1.807, 2.05) is 24.3 Å². The number of hydrogen-bond donors (Lipinski definition) is 2. The van der Waals surface area contributed by atoms with Crippen molar-refractivity contribution in [2.75, 3.05) is 20.7 Å². The zero-order chi connectivity index (χ0) is 18.3. The van der Waals surface area contributed by atoms with E-state index in [4.69, 9.17) is 4.74 Å². The molecule has 2 rings (SSSR count). The van der Waals surface area contributed by atoms with Crippen molar-refractivity contribution >= 4 is 41.3 Å². The van der Waals surface area contributed by atoms with Crippen LogP contribution in [0.15, 0.2) is 34.6 Å². The molecule has 1 heterocycles. The smallest absolute Gasteiger partial charge is 0.434 e. The second-order valence-corrected chi connectivity index (χ2v) is 6.02. The lowest BCUT2D eigenvalue weighted by Gasteiger charge is -2.11. The molecule has 0 amide bonds. The summed E-state index contributed by atoms with van der Waals surface area (Å²) in [5.74, 6) is 1.36. The van der Waals surface area contributed by atoms with Crippen LogP contribution in [-0.4, -0.2) is 31.6 Å². The van der Waals surface area contributed by atoms with Crippen LogP contribution < -0.4 is 15.4 Å². The van der Waals surface area contributed by atoms with Gasteiger partial charge in [-0.3, -0.25) is 4.99 Å². The van der Waals surface area contributed by atoms with Gasteiger partial charge < -0.3 is 15.4 Å². The standard InChI is InChI=1S/C16H19F3N4OS.HI/c1-20-15(22-9-11-3-5-12(24-2)6-4-11)21-8-7-14-23-13(10-25-14)16(17,18)19;/h3-6,10H,7-9H2,1-2H3,(H2,20,21,22);1H. The highest BCUT2D eigenvalue weighted by molar-refractivity contribution is 14.0. The monoisotopic (exact) mass is 500 g/mol. The lowest BCUT2D eigenvalue weighted by Crippen LogP contribution is -2.37. The molecular formula is C16H20F3IN4OS. The molecule has 5 nitrogen and oxygen atoms in total. The van der Waals surface area contributed by atoms with Crippen LogP contribution in [0.3, 0.4) is 0 Å². The highest BCUT2D eigenvalue weighted by Gasteiger charge is 2.33. The third-order valence-corrected chi connectivity index (χ3v) is 4.22. The Kier molecular flexibility index (Phi) is 9.13. The number of aliphatic imine (C=N–C) groups is 1. The molecule has 1 aromatic heterocycles. The summed E-state index contributed by atoms with van der Waals surface area (Å²) in [6.07, 6.45) is -4.00.